The first-order valence-electron chi connectivity index (χ1n) is 5.25. The van der Waals surface area contributed by atoms with Crippen molar-refractivity contribution < 1.29 is 8.42 Å². The molecule has 0 fully saturated rings. The van der Waals surface area contributed by atoms with Crippen LogP contribution in [-0.2, 0) is 9.84 Å². The van der Waals surface area contributed by atoms with Gasteiger partial charge >= 0.3 is 0 Å². The van der Waals surface area contributed by atoms with E-state index in [1.807, 2.05) is 0 Å². The Morgan fingerprint density at radius 1 is 1.22 bits per heavy atom. The molecule has 0 aliphatic heterocycles. The molecule has 2 aromatic rings. The molecule has 0 saturated carbocycles. The van der Waals surface area contributed by atoms with E-state index in [-0.39, 0.29) is 16.6 Å². The SMILES string of the molecule is CCS(=O)(=O)c1nnn(-c2ccc(N)cc2)c1N. The fourth-order valence-electron chi connectivity index (χ4n) is 1.44. The third kappa shape index (κ3) is 2.02. The minimum Gasteiger partial charge on any atom is -0.399 e. The molecule has 4 N–H and O–H groups in total. The summed E-state index contributed by atoms with van der Waals surface area (Å²) in [6.07, 6.45) is 0. The number of anilines is 2. The van der Waals surface area contributed by atoms with E-state index in [1.54, 1.807) is 24.3 Å². The van der Waals surface area contributed by atoms with Crippen LogP contribution in [0.4, 0.5) is 11.5 Å². The molecule has 7 nitrogen and oxygen atoms in total. The summed E-state index contributed by atoms with van der Waals surface area (Å²) in [6.45, 7) is 1.52. The summed E-state index contributed by atoms with van der Waals surface area (Å²) in [5.41, 5.74) is 12.5. The van der Waals surface area contributed by atoms with Gasteiger partial charge in [-0.2, -0.15) is 4.68 Å². The van der Waals surface area contributed by atoms with Gasteiger partial charge in [-0.1, -0.05) is 12.1 Å². The molecular formula is C10H13N5O2S. The molecule has 1 aromatic heterocycles. The molecule has 0 unspecified atom stereocenters. The highest BCUT2D eigenvalue weighted by Crippen LogP contribution is 2.20. The first-order valence-corrected chi connectivity index (χ1v) is 6.91. The van der Waals surface area contributed by atoms with Gasteiger partial charge in [0, 0.05) is 5.69 Å². The van der Waals surface area contributed by atoms with Crippen LogP contribution in [0.2, 0.25) is 0 Å². The number of nitrogens with two attached hydrogens (primary N) is 2. The molecule has 96 valence electrons. The maximum Gasteiger partial charge on any atom is 0.221 e. The van der Waals surface area contributed by atoms with Crippen molar-refractivity contribution in [1.82, 2.24) is 15.0 Å². The summed E-state index contributed by atoms with van der Waals surface area (Å²) in [6, 6.07) is 6.71. The van der Waals surface area contributed by atoms with Gasteiger partial charge in [-0.25, -0.2) is 8.42 Å². The lowest BCUT2D eigenvalue weighted by molar-refractivity contribution is 0.593. The van der Waals surface area contributed by atoms with Gasteiger partial charge in [0.15, 0.2) is 5.82 Å². The zero-order chi connectivity index (χ0) is 13.3. The van der Waals surface area contributed by atoms with E-state index >= 15 is 0 Å². The second kappa shape index (κ2) is 4.30. The van der Waals surface area contributed by atoms with Crippen molar-refractivity contribution in [3.63, 3.8) is 0 Å². The molecule has 0 radical (unpaired) electrons. The Kier molecular flexibility index (Phi) is 2.95. The Balaban J connectivity index is 2.53. The van der Waals surface area contributed by atoms with Crippen LogP contribution >= 0.6 is 0 Å². The lowest BCUT2D eigenvalue weighted by Crippen LogP contribution is -2.08. The summed E-state index contributed by atoms with van der Waals surface area (Å²) in [4.78, 5) is 0. The maximum atomic E-state index is 11.7. The molecule has 1 heterocycles. The number of benzene rings is 1. The van der Waals surface area contributed by atoms with Crippen molar-refractivity contribution in [3.8, 4) is 5.69 Å². The quantitative estimate of drug-likeness (QED) is 0.768. The highest BCUT2D eigenvalue weighted by Gasteiger charge is 2.22. The van der Waals surface area contributed by atoms with Gasteiger partial charge in [-0.3, -0.25) is 0 Å². The van der Waals surface area contributed by atoms with Gasteiger partial charge in [-0.15, -0.1) is 5.10 Å². The molecule has 0 atom stereocenters. The Morgan fingerprint density at radius 2 is 1.83 bits per heavy atom. The number of sulfone groups is 1. The first-order chi connectivity index (χ1) is 8.45. The molecule has 8 heteroatoms. The molecule has 0 spiro atoms. The molecule has 0 bridgehead atoms. The van der Waals surface area contributed by atoms with E-state index in [1.165, 1.54) is 11.6 Å². The predicted molar refractivity (Wildman–Crippen MR) is 67.9 cm³/mol. The van der Waals surface area contributed by atoms with E-state index in [9.17, 15) is 8.42 Å². The molecule has 1 aromatic carbocycles. The van der Waals surface area contributed by atoms with Gasteiger partial charge in [0.2, 0.25) is 14.9 Å². The monoisotopic (exact) mass is 267 g/mol. The largest absolute Gasteiger partial charge is 0.399 e. The number of aromatic nitrogens is 3. The summed E-state index contributed by atoms with van der Waals surface area (Å²) in [7, 11) is -3.47. The Labute approximate surface area is 104 Å². The van der Waals surface area contributed by atoms with Gasteiger partial charge < -0.3 is 11.5 Å². The van der Waals surface area contributed by atoms with Crippen LogP contribution in [0.25, 0.3) is 5.69 Å². The summed E-state index contributed by atoms with van der Waals surface area (Å²) in [5.74, 6) is -0.0703. The summed E-state index contributed by atoms with van der Waals surface area (Å²) in [5, 5.41) is 7.18. The Morgan fingerprint density at radius 3 is 2.39 bits per heavy atom. The lowest BCUT2D eigenvalue weighted by atomic mass is 10.3. The minimum absolute atomic E-state index is 0.00150. The summed E-state index contributed by atoms with van der Waals surface area (Å²) >= 11 is 0. The van der Waals surface area contributed by atoms with Crippen molar-refractivity contribution >= 4 is 21.3 Å². The third-order valence-electron chi connectivity index (χ3n) is 2.48. The lowest BCUT2D eigenvalue weighted by Gasteiger charge is -2.03. The van der Waals surface area contributed by atoms with Crippen molar-refractivity contribution in [1.29, 1.82) is 0 Å². The van der Waals surface area contributed by atoms with Crippen molar-refractivity contribution in [3.05, 3.63) is 24.3 Å². The van der Waals surface area contributed by atoms with Gasteiger partial charge in [0.25, 0.3) is 0 Å². The molecule has 0 saturated heterocycles. The molecule has 0 aliphatic carbocycles. The molecule has 0 amide bonds. The van der Waals surface area contributed by atoms with Crippen LogP contribution in [0.5, 0.6) is 0 Å². The predicted octanol–water partition coefficient (Wildman–Crippen LogP) is 0.225. The molecular weight excluding hydrogens is 254 g/mol. The highest BCUT2D eigenvalue weighted by molar-refractivity contribution is 7.91. The fourth-order valence-corrected chi connectivity index (χ4v) is 2.28. The average molecular weight is 267 g/mol. The van der Waals surface area contributed by atoms with E-state index < -0.39 is 9.84 Å². The smallest absolute Gasteiger partial charge is 0.221 e. The second-order valence-corrected chi connectivity index (χ2v) is 5.88. The number of hydrogen-bond donors (Lipinski definition) is 2. The van der Waals surface area contributed by atoms with Crippen molar-refractivity contribution in [2.75, 3.05) is 17.2 Å². The zero-order valence-corrected chi connectivity index (χ0v) is 10.6. The van der Waals surface area contributed by atoms with Crippen LogP contribution in [0, 0.1) is 0 Å². The maximum absolute atomic E-state index is 11.7. The summed E-state index contributed by atoms with van der Waals surface area (Å²) < 4.78 is 24.7. The zero-order valence-electron chi connectivity index (χ0n) is 9.74. The van der Waals surface area contributed by atoms with Crippen LogP contribution in [0.1, 0.15) is 6.92 Å². The molecule has 0 aliphatic rings. The van der Waals surface area contributed by atoms with Crippen LogP contribution in [-0.4, -0.2) is 29.2 Å². The van der Waals surface area contributed by atoms with Gasteiger partial charge in [-0.05, 0) is 24.3 Å². The van der Waals surface area contributed by atoms with Crippen molar-refractivity contribution in [2.45, 2.75) is 11.9 Å². The van der Waals surface area contributed by atoms with E-state index in [2.05, 4.69) is 10.3 Å². The highest BCUT2D eigenvalue weighted by atomic mass is 32.2. The first kappa shape index (κ1) is 12.4. The van der Waals surface area contributed by atoms with Crippen LogP contribution < -0.4 is 11.5 Å². The number of hydrogen-bond acceptors (Lipinski definition) is 6. The topological polar surface area (TPSA) is 117 Å². The van der Waals surface area contributed by atoms with Crippen LogP contribution in [0.15, 0.2) is 29.3 Å². The van der Waals surface area contributed by atoms with E-state index in [0.717, 1.165) is 0 Å². The number of nitrogen functional groups attached to an aromatic ring is 2. The Bertz CT molecular complexity index is 660. The van der Waals surface area contributed by atoms with Gasteiger partial charge in [0.1, 0.15) is 0 Å². The molecule has 2 rings (SSSR count). The Hall–Kier alpha value is -2.09. The van der Waals surface area contributed by atoms with Gasteiger partial charge in [0.05, 0.1) is 11.4 Å². The standard InChI is InChI=1S/C10H13N5O2S/c1-2-18(16,17)10-9(12)15(14-13-10)8-5-3-7(11)4-6-8/h3-6H,2,11-12H2,1H3. The third-order valence-corrected chi connectivity index (χ3v) is 4.12. The van der Waals surface area contributed by atoms with Crippen molar-refractivity contribution in [2.24, 2.45) is 0 Å². The van der Waals surface area contributed by atoms with E-state index in [0.29, 0.717) is 11.4 Å². The average Bonchev–Trinajstić information content (AvgIpc) is 2.73. The normalized spacial score (nSPS) is 11.6. The second-order valence-electron chi connectivity index (χ2n) is 3.69. The number of rotatable bonds is 3. The van der Waals surface area contributed by atoms with Crippen LogP contribution in [0.3, 0.4) is 0 Å². The fraction of sp³-hybridized carbons (Fsp3) is 0.200. The molecule has 18 heavy (non-hydrogen) atoms. The number of nitrogens with zero attached hydrogens (tertiary/aromatic N) is 3. The minimum atomic E-state index is -3.47. The van der Waals surface area contributed by atoms with E-state index in [4.69, 9.17) is 11.5 Å².